The van der Waals surface area contributed by atoms with E-state index in [-0.39, 0.29) is 5.82 Å². The first kappa shape index (κ1) is 19.7. The second-order valence-electron chi connectivity index (χ2n) is 5.89. The van der Waals surface area contributed by atoms with E-state index in [1.807, 2.05) is 30.3 Å². The van der Waals surface area contributed by atoms with Gasteiger partial charge in [0.25, 0.3) is 0 Å². The van der Waals surface area contributed by atoms with E-state index in [1.165, 1.54) is 6.07 Å². The molecule has 0 bridgehead atoms. The first-order chi connectivity index (χ1) is 12.5. The van der Waals surface area contributed by atoms with Crippen LogP contribution in [-0.2, 0) is 6.18 Å². The van der Waals surface area contributed by atoms with Gasteiger partial charge in [0.1, 0.15) is 5.82 Å². The number of nitrogens with zero attached hydrogens (tertiary/aromatic N) is 2. The Kier molecular flexibility index (Phi) is 7.38. The smallest absolute Gasteiger partial charge is 0.261 e. The van der Waals surface area contributed by atoms with Crippen LogP contribution in [0.2, 0.25) is 0 Å². The normalized spacial score (nSPS) is 12.5. The third kappa shape index (κ3) is 6.70. The lowest BCUT2D eigenvalue weighted by Crippen LogP contribution is -2.05. The average Bonchev–Trinajstić information content (AvgIpc) is 2.62. The summed E-state index contributed by atoms with van der Waals surface area (Å²) in [5.41, 5.74) is 4.03. The number of allylic oxidation sites excluding steroid dienone is 1. The highest BCUT2D eigenvalue weighted by Crippen LogP contribution is 2.28. The average molecular weight is 361 g/mol. The highest BCUT2D eigenvalue weighted by Gasteiger charge is 2.30. The number of aromatic nitrogens is 1. The van der Waals surface area contributed by atoms with Crippen LogP contribution >= 0.6 is 0 Å². The minimum atomic E-state index is -4.39. The molecule has 0 unspecified atom stereocenters. The topological polar surface area (TPSA) is 37.3 Å². The molecule has 0 radical (unpaired) electrons. The van der Waals surface area contributed by atoms with Crippen molar-refractivity contribution in [3.05, 3.63) is 65.4 Å². The molecule has 0 aliphatic heterocycles. The first-order valence-corrected chi connectivity index (χ1v) is 8.57. The van der Waals surface area contributed by atoms with Crippen LogP contribution < -0.4 is 5.43 Å². The van der Waals surface area contributed by atoms with Crippen LogP contribution in [0.3, 0.4) is 0 Å². The molecule has 0 aliphatic carbocycles. The van der Waals surface area contributed by atoms with Gasteiger partial charge in [0.15, 0.2) is 0 Å². The predicted octanol–water partition coefficient (Wildman–Crippen LogP) is 6.16. The van der Waals surface area contributed by atoms with Gasteiger partial charge >= 0.3 is 6.18 Å². The lowest BCUT2D eigenvalue weighted by atomic mass is 10.1. The molecule has 2 aromatic rings. The van der Waals surface area contributed by atoms with E-state index in [4.69, 9.17) is 0 Å². The van der Waals surface area contributed by atoms with Crippen molar-refractivity contribution in [1.82, 2.24) is 4.98 Å². The standard InChI is InChI=1S/C20H22F3N3/c1-2-3-5-10-17(13-16-8-6-4-7-9-16)14-25-26-19-12-11-18(15-24-19)20(21,22)23/h4,6-9,11-15H,2-3,5,10H2,1H3,(H,24,26)/b17-13+,25-14-. The Morgan fingerprint density at radius 2 is 1.88 bits per heavy atom. The fraction of sp³-hybridized carbons (Fsp3) is 0.300. The molecular formula is C20H22F3N3. The molecular weight excluding hydrogens is 339 g/mol. The Balaban J connectivity index is 2.03. The van der Waals surface area contributed by atoms with Crippen LogP contribution in [0.4, 0.5) is 19.0 Å². The molecule has 3 nitrogen and oxygen atoms in total. The molecule has 2 rings (SSSR count). The van der Waals surface area contributed by atoms with E-state index >= 15 is 0 Å². The number of rotatable bonds is 8. The second-order valence-corrected chi connectivity index (χ2v) is 5.89. The number of alkyl halides is 3. The van der Waals surface area contributed by atoms with Gasteiger partial charge < -0.3 is 0 Å². The maximum Gasteiger partial charge on any atom is 0.417 e. The Hall–Kier alpha value is -2.63. The summed E-state index contributed by atoms with van der Waals surface area (Å²) in [5.74, 6) is 0.266. The molecule has 1 heterocycles. The number of nitrogens with one attached hydrogen (secondary N) is 1. The summed E-state index contributed by atoms with van der Waals surface area (Å²) in [7, 11) is 0. The minimum absolute atomic E-state index is 0.266. The Morgan fingerprint density at radius 1 is 1.12 bits per heavy atom. The Labute approximate surface area is 151 Å². The molecule has 0 saturated carbocycles. The zero-order valence-electron chi connectivity index (χ0n) is 14.6. The largest absolute Gasteiger partial charge is 0.417 e. The van der Waals surface area contributed by atoms with Gasteiger partial charge in [-0.1, -0.05) is 56.2 Å². The van der Waals surface area contributed by atoms with Crippen LogP contribution in [-0.4, -0.2) is 11.2 Å². The number of pyridine rings is 1. The van der Waals surface area contributed by atoms with Crippen molar-refractivity contribution in [2.24, 2.45) is 5.10 Å². The molecule has 138 valence electrons. The van der Waals surface area contributed by atoms with Crippen molar-refractivity contribution >= 4 is 18.1 Å². The minimum Gasteiger partial charge on any atom is -0.261 e. The molecule has 0 fully saturated rings. The van der Waals surface area contributed by atoms with Crippen LogP contribution in [0.25, 0.3) is 6.08 Å². The van der Waals surface area contributed by atoms with Crippen LogP contribution in [0.5, 0.6) is 0 Å². The predicted molar refractivity (Wildman–Crippen MR) is 99.9 cm³/mol. The van der Waals surface area contributed by atoms with E-state index in [0.717, 1.165) is 49.1 Å². The number of hydrazone groups is 1. The number of anilines is 1. The third-order valence-electron chi connectivity index (χ3n) is 3.72. The number of benzene rings is 1. The summed E-state index contributed by atoms with van der Waals surface area (Å²) >= 11 is 0. The molecule has 0 aliphatic rings. The van der Waals surface area contributed by atoms with Crippen molar-refractivity contribution < 1.29 is 13.2 Å². The lowest BCUT2D eigenvalue weighted by Gasteiger charge is -2.06. The van der Waals surface area contributed by atoms with Crippen molar-refractivity contribution in [2.75, 3.05) is 5.43 Å². The van der Waals surface area contributed by atoms with Crippen LogP contribution in [0.15, 0.2) is 59.3 Å². The Bertz CT molecular complexity index is 720. The zero-order valence-corrected chi connectivity index (χ0v) is 14.6. The van der Waals surface area contributed by atoms with E-state index < -0.39 is 11.7 Å². The van der Waals surface area contributed by atoms with Gasteiger partial charge in [-0.15, -0.1) is 0 Å². The van der Waals surface area contributed by atoms with E-state index in [9.17, 15) is 13.2 Å². The monoisotopic (exact) mass is 361 g/mol. The number of halogens is 3. The summed E-state index contributed by atoms with van der Waals surface area (Å²) in [6.45, 7) is 2.15. The highest BCUT2D eigenvalue weighted by molar-refractivity contribution is 5.85. The maximum absolute atomic E-state index is 12.5. The van der Waals surface area contributed by atoms with Gasteiger partial charge in [0.05, 0.1) is 11.8 Å². The summed E-state index contributed by atoms with van der Waals surface area (Å²) in [6.07, 6.45) is 4.36. The molecule has 1 aromatic heterocycles. The fourth-order valence-corrected chi connectivity index (χ4v) is 2.33. The third-order valence-corrected chi connectivity index (χ3v) is 3.72. The van der Waals surface area contributed by atoms with Gasteiger partial charge in [-0.05, 0) is 36.1 Å². The molecule has 1 N–H and O–H groups in total. The fourth-order valence-electron chi connectivity index (χ4n) is 2.33. The molecule has 0 amide bonds. The highest BCUT2D eigenvalue weighted by atomic mass is 19.4. The van der Waals surface area contributed by atoms with Gasteiger partial charge in [-0.3, -0.25) is 5.43 Å². The van der Waals surface area contributed by atoms with Crippen molar-refractivity contribution in [1.29, 1.82) is 0 Å². The second kappa shape index (κ2) is 9.75. The van der Waals surface area contributed by atoms with E-state index in [0.29, 0.717) is 0 Å². The summed E-state index contributed by atoms with van der Waals surface area (Å²) in [6, 6.07) is 12.2. The van der Waals surface area contributed by atoms with E-state index in [1.54, 1.807) is 6.21 Å². The van der Waals surface area contributed by atoms with Crippen LogP contribution in [0, 0.1) is 0 Å². The number of unbranched alkanes of at least 4 members (excludes halogenated alkanes) is 2. The van der Waals surface area contributed by atoms with E-state index in [2.05, 4.69) is 28.5 Å². The van der Waals surface area contributed by atoms with Crippen molar-refractivity contribution in [3.8, 4) is 0 Å². The lowest BCUT2D eigenvalue weighted by molar-refractivity contribution is -0.137. The Morgan fingerprint density at radius 3 is 2.50 bits per heavy atom. The van der Waals surface area contributed by atoms with Crippen molar-refractivity contribution in [3.63, 3.8) is 0 Å². The molecule has 0 saturated heterocycles. The quantitative estimate of drug-likeness (QED) is 0.347. The summed E-state index contributed by atoms with van der Waals surface area (Å²) in [4.78, 5) is 3.74. The zero-order chi connectivity index (χ0) is 18.8. The summed E-state index contributed by atoms with van der Waals surface area (Å²) < 4.78 is 37.6. The molecule has 26 heavy (non-hydrogen) atoms. The maximum atomic E-state index is 12.5. The van der Waals surface area contributed by atoms with Crippen molar-refractivity contribution in [2.45, 2.75) is 38.8 Å². The van der Waals surface area contributed by atoms with Gasteiger partial charge in [0.2, 0.25) is 0 Å². The first-order valence-electron chi connectivity index (χ1n) is 8.57. The molecule has 0 spiro atoms. The molecule has 6 heteroatoms. The molecule has 0 atom stereocenters. The summed E-state index contributed by atoms with van der Waals surface area (Å²) in [5, 5.41) is 4.12. The van der Waals surface area contributed by atoms with Crippen LogP contribution in [0.1, 0.15) is 43.7 Å². The number of hydrogen-bond donors (Lipinski definition) is 1. The van der Waals surface area contributed by atoms with Gasteiger partial charge in [-0.2, -0.15) is 18.3 Å². The van der Waals surface area contributed by atoms with Gasteiger partial charge in [0, 0.05) is 6.20 Å². The number of hydrogen-bond acceptors (Lipinski definition) is 3. The molecule has 1 aromatic carbocycles. The van der Waals surface area contributed by atoms with Gasteiger partial charge in [-0.25, -0.2) is 4.98 Å². The SMILES string of the molecule is CCCCCC(/C=N\Nc1ccc(C(F)(F)F)cn1)=C\c1ccccc1.